The Balaban J connectivity index is 1.62. The Morgan fingerprint density at radius 1 is 1.03 bits per heavy atom. The lowest BCUT2D eigenvalue weighted by Crippen LogP contribution is -2.32. The largest absolute Gasteiger partial charge is 0.337 e. The van der Waals surface area contributed by atoms with Gasteiger partial charge in [0.2, 0.25) is 0 Å². The molecule has 0 spiro atoms. The van der Waals surface area contributed by atoms with Crippen LogP contribution in [0.25, 0.3) is 28.0 Å². The fourth-order valence-corrected chi connectivity index (χ4v) is 3.13. The quantitative estimate of drug-likeness (QED) is 0.484. The second kappa shape index (κ2) is 8.12. The number of pyridine rings is 1. The molecule has 4 rings (SSSR count). The Labute approximate surface area is 167 Å². The third-order valence-electron chi connectivity index (χ3n) is 4.54. The lowest BCUT2D eigenvalue weighted by Gasteiger charge is -2.09. The molecule has 4 aromatic rings. The normalized spacial score (nSPS) is 10.8. The van der Waals surface area contributed by atoms with Crippen molar-refractivity contribution < 1.29 is 9.18 Å². The van der Waals surface area contributed by atoms with Crippen LogP contribution in [0, 0.1) is 5.82 Å². The highest BCUT2D eigenvalue weighted by Gasteiger charge is 2.09. The molecule has 0 aliphatic heterocycles. The molecule has 2 aromatic carbocycles. The van der Waals surface area contributed by atoms with E-state index in [4.69, 9.17) is 5.73 Å². The number of anilines is 1. The molecular formula is C22H20FN5O. The van der Waals surface area contributed by atoms with E-state index in [-0.39, 0.29) is 11.8 Å². The van der Waals surface area contributed by atoms with Crippen molar-refractivity contribution in [1.29, 1.82) is 0 Å². The van der Waals surface area contributed by atoms with Crippen LogP contribution < -0.4 is 16.4 Å². The van der Waals surface area contributed by atoms with Gasteiger partial charge in [-0.25, -0.2) is 14.2 Å². The van der Waals surface area contributed by atoms with Gasteiger partial charge in [-0.3, -0.25) is 4.40 Å². The van der Waals surface area contributed by atoms with Gasteiger partial charge in [0.1, 0.15) is 11.5 Å². The highest BCUT2D eigenvalue weighted by molar-refractivity contribution is 5.90. The number of carbonyl (C=O) groups excluding carboxylic acids is 1. The van der Waals surface area contributed by atoms with Crippen LogP contribution in [0.2, 0.25) is 0 Å². The van der Waals surface area contributed by atoms with Gasteiger partial charge in [0.15, 0.2) is 0 Å². The number of fused-ring (bicyclic) bond motifs is 1. The van der Waals surface area contributed by atoms with E-state index < -0.39 is 0 Å². The first-order valence-electron chi connectivity index (χ1n) is 9.22. The maximum Gasteiger partial charge on any atom is 0.319 e. The Morgan fingerprint density at radius 2 is 1.86 bits per heavy atom. The molecule has 7 heteroatoms. The standard InChI is InChI=1S/C22H20FN5O/c23-18-6-4-15(5-7-18)16-8-11-28-20(14-26-21(28)13-16)17-2-1-3-19(12-17)27-22(29)25-10-9-24/h1-8,11-14H,9-10,24H2,(H2,25,27,29). The van der Waals surface area contributed by atoms with Crippen LogP contribution in [0.3, 0.4) is 0 Å². The molecule has 2 aromatic heterocycles. The molecule has 4 N–H and O–H groups in total. The van der Waals surface area contributed by atoms with Crippen LogP contribution in [0.4, 0.5) is 14.9 Å². The molecule has 0 radical (unpaired) electrons. The number of hydrogen-bond acceptors (Lipinski definition) is 3. The Hall–Kier alpha value is -3.71. The summed E-state index contributed by atoms with van der Waals surface area (Å²) in [6, 6.07) is 17.5. The van der Waals surface area contributed by atoms with Crippen LogP contribution in [-0.4, -0.2) is 28.5 Å². The smallest absolute Gasteiger partial charge is 0.319 e. The number of urea groups is 1. The van der Waals surface area contributed by atoms with Gasteiger partial charge in [0.25, 0.3) is 0 Å². The lowest BCUT2D eigenvalue weighted by molar-refractivity contribution is 0.252. The van der Waals surface area contributed by atoms with E-state index in [9.17, 15) is 9.18 Å². The number of benzene rings is 2. The molecule has 2 heterocycles. The zero-order valence-electron chi connectivity index (χ0n) is 15.6. The Morgan fingerprint density at radius 3 is 2.66 bits per heavy atom. The second-order valence-electron chi connectivity index (χ2n) is 6.54. The van der Waals surface area contributed by atoms with E-state index in [1.54, 1.807) is 18.3 Å². The average Bonchev–Trinajstić information content (AvgIpc) is 3.16. The first kappa shape index (κ1) is 18.6. The van der Waals surface area contributed by atoms with E-state index in [1.807, 2.05) is 47.0 Å². The van der Waals surface area contributed by atoms with Crippen LogP contribution in [0.15, 0.2) is 73.1 Å². The Kier molecular flexibility index (Phi) is 5.22. The van der Waals surface area contributed by atoms with E-state index >= 15 is 0 Å². The number of nitrogens with one attached hydrogen (secondary N) is 2. The molecule has 29 heavy (non-hydrogen) atoms. The van der Waals surface area contributed by atoms with E-state index in [0.29, 0.717) is 18.8 Å². The molecule has 0 aliphatic rings. The molecule has 0 saturated heterocycles. The molecular weight excluding hydrogens is 369 g/mol. The zero-order chi connectivity index (χ0) is 20.2. The number of hydrogen-bond donors (Lipinski definition) is 3. The number of imidazole rings is 1. The number of carbonyl (C=O) groups is 1. The fourth-order valence-electron chi connectivity index (χ4n) is 3.13. The van der Waals surface area contributed by atoms with Gasteiger partial charge in [-0.2, -0.15) is 0 Å². The van der Waals surface area contributed by atoms with Crippen molar-refractivity contribution in [3.05, 3.63) is 78.9 Å². The monoisotopic (exact) mass is 389 g/mol. The van der Waals surface area contributed by atoms with Gasteiger partial charge in [0.05, 0.1) is 11.9 Å². The number of nitrogens with zero attached hydrogens (tertiary/aromatic N) is 2. The van der Waals surface area contributed by atoms with Crippen molar-refractivity contribution in [1.82, 2.24) is 14.7 Å². The second-order valence-corrected chi connectivity index (χ2v) is 6.54. The van der Waals surface area contributed by atoms with E-state index in [2.05, 4.69) is 15.6 Å². The summed E-state index contributed by atoms with van der Waals surface area (Å²) in [6.45, 7) is 0.796. The van der Waals surface area contributed by atoms with Crippen LogP contribution in [-0.2, 0) is 0 Å². The molecule has 0 saturated carbocycles. The molecule has 0 fully saturated rings. The first-order chi connectivity index (χ1) is 14.1. The van der Waals surface area contributed by atoms with Crippen LogP contribution in [0.5, 0.6) is 0 Å². The van der Waals surface area contributed by atoms with Crippen LogP contribution in [0.1, 0.15) is 0 Å². The predicted molar refractivity (Wildman–Crippen MR) is 112 cm³/mol. The van der Waals surface area contributed by atoms with E-state index in [1.165, 1.54) is 12.1 Å². The molecule has 0 unspecified atom stereocenters. The number of rotatable bonds is 5. The van der Waals surface area contributed by atoms with Gasteiger partial charge in [-0.05, 0) is 47.5 Å². The minimum absolute atomic E-state index is 0.261. The SMILES string of the molecule is NCCNC(=O)Nc1cccc(-c2cnc3cc(-c4ccc(F)cc4)ccn23)c1. The van der Waals surface area contributed by atoms with Gasteiger partial charge >= 0.3 is 6.03 Å². The van der Waals surface area contributed by atoms with Crippen LogP contribution >= 0.6 is 0 Å². The maximum absolute atomic E-state index is 13.2. The minimum Gasteiger partial charge on any atom is -0.337 e. The summed E-state index contributed by atoms with van der Waals surface area (Å²) in [6.07, 6.45) is 3.72. The van der Waals surface area contributed by atoms with Crippen molar-refractivity contribution >= 4 is 17.4 Å². The summed E-state index contributed by atoms with van der Waals surface area (Å²) in [4.78, 5) is 16.4. The van der Waals surface area contributed by atoms with Gasteiger partial charge in [0, 0.05) is 30.5 Å². The molecule has 0 aliphatic carbocycles. The van der Waals surface area contributed by atoms with Gasteiger partial charge < -0.3 is 16.4 Å². The molecule has 6 nitrogen and oxygen atoms in total. The third-order valence-corrected chi connectivity index (χ3v) is 4.54. The highest BCUT2D eigenvalue weighted by Crippen LogP contribution is 2.27. The number of amides is 2. The summed E-state index contributed by atoms with van der Waals surface area (Å²) < 4.78 is 15.1. The van der Waals surface area contributed by atoms with Gasteiger partial charge in [-0.1, -0.05) is 24.3 Å². The first-order valence-corrected chi connectivity index (χ1v) is 9.22. The molecule has 0 bridgehead atoms. The van der Waals surface area contributed by atoms with Crippen molar-refractivity contribution in [3.63, 3.8) is 0 Å². The number of halogens is 1. The number of aromatic nitrogens is 2. The maximum atomic E-state index is 13.2. The van der Waals surface area contributed by atoms with E-state index in [0.717, 1.165) is 28.0 Å². The summed E-state index contributed by atoms with van der Waals surface area (Å²) in [5.41, 5.74) is 10.6. The predicted octanol–water partition coefficient (Wildman–Crippen LogP) is 3.89. The van der Waals surface area contributed by atoms with Crippen molar-refractivity contribution in [2.75, 3.05) is 18.4 Å². The lowest BCUT2D eigenvalue weighted by atomic mass is 10.1. The average molecular weight is 389 g/mol. The summed E-state index contributed by atoms with van der Waals surface area (Å²) >= 11 is 0. The van der Waals surface area contributed by atoms with Crippen molar-refractivity contribution in [2.45, 2.75) is 0 Å². The highest BCUT2D eigenvalue weighted by atomic mass is 19.1. The summed E-state index contributed by atoms with van der Waals surface area (Å²) in [7, 11) is 0. The topological polar surface area (TPSA) is 84.4 Å². The zero-order valence-corrected chi connectivity index (χ0v) is 15.6. The number of nitrogens with two attached hydrogens (primary N) is 1. The summed E-state index contributed by atoms with van der Waals surface area (Å²) in [5, 5.41) is 5.47. The molecule has 0 atom stereocenters. The molecule has 146 valence electrons. The van der Waals surface area contributed by atoms with Crippen molar-refractivity contribution in [2.24, 2.45) is 5.73 Å². The minimum atomic E-state index is -0.297. The van der Waals surface area contributed by atoms with Crippen molar-refractivity contribution in [3.8, 4) is 22.4 Å². The summed E-state index contributed by atoms with van der Waals surface area (Å²) in [5.74, 6) is -0.261. The fraction of sp³-hybridized carbons (Fsp3) is 0.0909. The third kappa shape index (κ3) is 4.09. The Bertz CT molecular complexity index is 1150. The molecule has 2 amide bonds. The van der Waals surface area contributed by atoms with Gasteiger partial charge in [-0.15, -0.1) is 0 Å².